The van der Waals surface area contributed by atoms with Crippen molar-refractivity contribution in [1.29, 1.82) is 5.26 Å². The second-order valence-corrected chi connectivity index (χ2v) is 4.11. The lowest BCUT2D eigenvalue weighted by molar-refractivity contribution is -0.126. The number of rotatable bonds is 7. The largest absolute Gasteiger partial charge is 0.368 e. The zero-order chi connectivity index (χ0) is 14.1. The van der Waals surface area contributed by atoms with Crippen LogP contribution >= 0.6 is 0 Å². The van der Waals surface area contributed by atoms with Crippen molar-refractivity contribution in [2.24, 2.45) is 0 Å². The lowest BCUT2D eigenvalue weighted by Gasteiger charge is -2.13. The molecule has 1 unspecified atom stereocenters. The van der Waals surface area contributed by atoms with Gasteiger partial charge in [-0.05, 0) is 31.0 Å². The molecular formula is C15H18N2O2. The number of anilines is 1. The molecule has 1 aromatic rings. The third kappa shape index (κ3) is 5.36. The number of nitrogens with one attached hydrogen (secondary N) is 1. The van der Waals surface area contributed by atoms with Gasteiger partial charge >= 0.3 is 0 Å². The molecular weight excluding hydrogens is 240 g/mol. The van der Waals surface area contributed by atoms with Crippen LogP contribution in [0.3, 0.4) is 0 Å². The van der Waals surface area contributed by atoms with E-state index in [1.54, 1.807) is 25.1 Å². The highest BCUT2D eigenvalue weighted by molar-refractivity contribution is 5.93. The van der Waals surface area contributed by atoms with Crippen LogP contribution < -0.4 is 5.32 Å². The van der Waals surface area contributed by atoms with E-state index in [1.165, 1.54) is 0 Å². The predicted octanol–water partition coefficient (Wildman–Crippen LogP) is 2.67. The number of benzene rings is 1. The molecule has 1 aromatic carbocycles. The van der Waals surface area contributed by atoms with Gasteiger partial charge in [0.05, 0.1) is 19.1 Å². The van der Waals surface area contributed by atoms with Gasteiger partial charge in [-0.15, -0.1) is 6.58 Å². The SMILES string of the molecule is C=CCCOC(C)C(=O)Nc1ccc(CC#N)cc1. The molecule has 0 aliphatic heterocycles. The number of amides is 1. The minimum Gasteiger partial charge on any atom is -0.368 e. The van der Waals surface area contributed by atoms with Crippen molar-refractivity contribution in [3.8, 4) is 6.07 Å². The number of carbonyl (C=O) groups is 1. The molecule has 1 rings (SSSR count). The van der Waals surface area contributed by atoms with E-state index in [4.69, 9.17) is 10.00 Å². The fourth-order valence-corrected chi connectivity index (χ4v) is 1.44. The summed E-state index contributed by atoms with van der Waals surface area (Å²) < 4.78 is 5.35. The zero-order valence-corrected chi connectivity index (χ0v) is 11.1. The van der Waals surface area contributed by atoms with Crippen molar-refractivity contribution >= 4 is 11.6 Å². The monoisotopic (exact) mass is 258 g/mol. The number of hydrogen-bond donors (Lipinski definition) is 1. The van der Waals surface area contributed by atoms with Crippen molar-refractivity contribution < 1.29 is 9.53 Å². The van der Waals surface area contributed by atoms with E-state index in [2.05, 4.69) is 18.0 Å². The van der Waals surface area contributed by atoms with E-state index in [0.29, 0.717) is 18.7 Å². The molecule has 1 amide bonds. The van der Waals surface area contributed by atoms with Gasteiger partial charge in [0, 0.05) is 5.69 Å². The van der Waals surface area contributed by atoms with Crippen LogP contribution in [-0.2, 0) is 16.0 Å². The minimum atomic E-state index is -0.501. The normalized spacial score (nSPS) is 11.4. The molecule has 4 heteroatoms. The molecule has 0 heterocycles. The van der Waals surface area contributed by atoms with Gasteiger partial charge in [0.1, 0.15) is 6.10 Å². The molecule has 19 heavy (non-hydrogen) atoms. The van der Waals surface area contributed by atoms with Crippen molar-refractivity contribution in [2.45, 2.75) is 25.9 Å². The molecule has 0 spiro atoms. The molecule has 0 fully saturated rings. The first kappa shape index (κ1) is 14.9. The highest BCUT2D eigenvalue weighted by Crippen LogP contribution is 2.10. The predicted molar refractivity (Wildman–Crippen MR) is 74.6 cm³/mol. The molecule has 100 valence electrons. The number of nitrogens with zero attached hydrogens (tertiary/aromatic N) is 1. The molecule has 4 nitrogen and oxygen atoms in total. The van der Waals surface area contributed by atoms with E-state index in [9.17, 15) is 4.79 Å². The molecule has 1 N–H and O–H groups in total. The first-order valence-corrected chi connectivity index (χ1v) is 6.16. The molecule has 0 saturated carbocycles. The van der Waals surface area contributed by atoms with Crippen LogP contribution in [0.25, 0.3) is 0 Å². The summed E-state index contributed by atoms with van der Waals surface area (Å²) in [5.41, 5.74) is 1.63. The van der Waals surface area contributed by atoms with E-state index in [0.717, 1.165) is 12.0 Å². The van der Waals surface area contributed by atoms with Gasteiger partial charge in [0.25, 0.3) is 5.91 Å². The van der Waals surface area contributed by atoms with Crippen LogP contribution in [0.2, 0.25) is 0 Å². The molecule has 0 saturated heterocycles. The number of carbonyl (C=O) groups excluding carboxylic acids is 1. The summed E-state index contributed by atoms with van der Waals surface area (Å²) in [6, 6.07) is 9.28. The van der Waals surface area contributed by atoms with Crippen molar-refractivity contribution in [2.75, 3.05) is 11.9 Å². The Balaban J connectivity index is 2.47. The average Bonchev–Trinajstić information content (AvgIpc) is 2.41. The summed E-state index contributed by atoms with van der Waals surface area (Å²) in [5.74, 6) is -0.183. The second kappa shape index (κ2) is 8.06. The Bertz CT molecular complexity index is 460. The van der Waals surface area contributed by atoms with Gasteiger partial charge in [0.2, 0.25) is 0 Å². The summed E-state index contributed by atoms with van der Waals surface area (Å²) in [6.07, 6.45) is 2.34. The van der Waals surface area contributed by atoms with Gasteiger partial charge in [0.15, 0.2) is 0 Å². The standard InChI is InChI=1S/C15H18N2O2/c1-3-4-11-19-12(2)15(18)17-14-7-5-13(6-8-14)9-10-16/h3,5-8,12H,1,4,9,11H2,2H3,(H,17,18). The van der Waals surface area contributed by atoms with Crippen molar-refractivity contribution in [3.63, 3.8) is 0 Å². The molecule has 0 aromatic heterocycles. The molecule has 0 aliphatic carbocycles. The van der Waals surface area contributed by atoms with Crippen molar-refractivity contribution in [1.82, 2.24) is 0 Å². The third-order valence-electron chi connectivity index (χ3n) is 2.56. The van der Waals surface area contributed by atoms with E-state index >= 15 is 0 Å². The van der Waals surface area contributed by atoms with Gasteiger partial charge < -0.3 is 10.1 Å². The lowest BCUT2D eigenvalue weighted by Crippen LogP contribution is -2.28. The molecule has 0 aliphatic rings. The first-order chi connectivity index (χ1) is 9.17. The van der Waals surface area contributed by atoms with E-state index in [1.807, 2.05) is 12.1 Å². The van der Waals surface area contributed by atoms with E-state index in [-0.39, 0.29) is 5.91 Å². The highest BCUT2D eigenvalue weighted by Gasteiger charge is 2.12. The third-order valence-corrected chi connectivity index (χ3v) is 2.56. The zero-order valence-electron chi connectivity index (χ0n) is 11.1. The Morgan fingerprint density at radius 3 is 2.79 bits per heavy atom. The highest BCUT2D eigenvalue weighted by atomic mass is 16.5. The fourth-order valence-electron chi connectivity index (χ4n) is 1.44. The minimum absolute atomic E-state index is 0.183. The van der Waals surface area contributed by atoms with Crippen LogP contribution in [0.15, 0.2) is 36.9 Å². The number of ether oxygens (including phenoxy) is 1. The maximum Gasteiger partial charge on any atom is 0.253 e. The summed E-state index contributed by atoms with van der Waals surface area (Å²) >= 11 is 0. The summed E-state index contributed by atoms with van der Waals surface area (Å²) in [7, 11) is 0. The van der Waals surface area contributed by atoms with E-state index < -0.39 is 6.10 Å². The molecule has 0 radical (unpaired) electrons. The summed E-state index contributed by atoms with van der Waals surface area (Å²) in [6.45, 7) is 5.79. The van der Waals surface area contributed by atoms with Crippen LogP contribution in [0.4, 0.5) is 5.69 Å². The van der Waals surface area contributed by atoms with Crippen molar-refractivity contribution in [3.05, 3.63) is 42.5 Å². The van der Waals surface area contributed by atoms with Gasteiger partial charge in [-0.2, -0.15) is 5.26 Å². The van der Waals surface area contributed by atoms with Gasteiger partial charge in [-0.3, -0.25) is 4.79 Å². The lowest BCUT2D eigenvalue weighted by atomic mass is 10.1. The molecule has 0 bridgehead atoms. The summed E-state index contributed by atoms with van der Waals surface area (Å²) in [5, 5.41) is 11.3. The Labute approximate surface area is 113 Å². The quantitative estimate of drug-likeness (QED) is 0.604. The van der Waals surface area contributed by atoms with Crippen LogP contribution in [-0.4, -0.2) is 18.6 Å². The fraction of sp³-hybridized carbons (Fsp3) is 0.333. The van der Waals surface area contributed by atoms with Crippen LogP contribution in [0.5, 0.6) is 0 Å². The Morgan fingerprint density at radius 2 is 2.21 bits per heavy atom. The van der Waals surface area contributed by atoms with Crippen LogP contribution in [0.1, 0.15) is 18.9 Å². The second-order valence-electron chi connectivity index (χ2n) is 4.11. The summed E-state index contributed by atoms with van der Waals surface area (Å²) in [4.78, 5) is 11.8. The average molecular weight is 258 g/mol. The molecule has 1 atom stereocenters. The van der Waals surface area contributed by atoms with Gasteiger partial charge in [-0.1, -0.05) is 18.2 Å². The smallest absolute Gasteiger partial charge is 0.253 e. The van der Waals surface area contributed by atoms with Gasteiger partial charge in [-0.25, -0.2) is 0 Å². The number of nitriles is 1. The maximum atomic E-state index is 11.8. The Morgan fingerprint density at radius 1 is 1.53 bits per heavy atom. The Hall–Kier alpha value is -2.12. The Kier molecular flexibility index (Phi) is 6.34. The topological polar surface area (TPSA) is 62.1 Å². The maximum absolute atomic E-state index is 11.8. The number of hydrogen-bond acceptors (Lipinski definition) is 3. The first-order valence-electron chi connectivity index (χ1n) is 6.16. The van der Waals surface area contributed by atoms with Crippen LogP contribution in [0, 0.1) is 11.3 Å².